The van der Waals surface area contributed by atoms with Crippen molar-refractivity contribution in [1.82, 2.24) is 4.90 Å². The number of halogens is 3. The van der Waals surface area contributed by atoms with E-state index in [1.54, 1.807) is 4.90 Å². The predicted molar refractivity (Wildman–Crippen MR) is 113 cm³/mol. The number of esters is 2. The Hall–Kier alpha value is -3.31. The standard InChI is InChI=1S/C25H22F3NO4/c1-2-32-20-9-6-17(7-10-20)3-4-18-5-8-19-14-29(16-24(11-12-24)21(19)13-18)15-22(30)33-23(31)25(26,27)28/h5-10,13H,2,11-12,14-16H2,1H3. The first-order valence-electron chi connectivity index (χ1n) is 10.6. The van der Waals surface area contributed by atoms with Gasteiger partial charge in [-0.3, -0.25) is 9.69 Å². The lowest BCUT2D eigenvalue weighted by Gasteiger charge is -2.34. The summed E-state index contributed by atoms with van der Waals surface area (Å²) in [4.78, 5) is 24.5. The molecule has 1 aliphatic heterocycles. The smallest absolute Gasteiger partial charge is 0.491 e. The summed E-state index contributed by atoms with van der Waals surface area (Å²) in [6.45, 7) is 3.06. The molecular weight excluding hydrogens is 435 g/mol. The van der Waals surface area contributed by atoms with Crippen LogP contribution in [0.4, 0.5) is 13.2 Å². The third kappa shape index (κ3) is 5.37. The molecule has 1 spiro atoms. The number of rotatable bonds is 4. The van der Waals surface area contributed by atoms with Gasteiger partial charge < -0.3 is 9.47 Å². The maximum Gasteiger partial charge on any atom is 0.491 e. The molecule has 1 aliphatic carbocycles. The molecule has 33 heavy (non-hydrogen) atoms. The van der Waals surface area contributed by atoms with Crippen molar-refractivity contribution < 1.29 is 32.2 Å². The van der Waals surface area contributed by atoms with Crippen LogP contribution in [-0.4, -0.2) is 42.7 Å². The van der Waals surface area contributed by atoms with E-state index in [0.717, 1.165) is 40.8 Å². The highest BCUT2D eigenvalue weighted by Crippen LogP contribution is 2.52. The summed E-state index contributed by atoms with van der Waals surface area (Å²) in [5.74, 6) is 3.44. The number of alkyl halides is 3. The highest BCUT2D eigenvalue weighted by molar-refractivity contribution is 5.89. The number of benzene rings is 2. The molecule has 2 aromatic carbocycles. The van der Waals surface area contributed by atoms with Gasteiger partial charge in [0.05, 0.1) is 13.2 Å². The molecule has 4 rings (SSSR count). The van der Waals surface area contributed by atoms with Crippen molar-refractivity contribution in [3.8, 4) is 17.6 Å². The van der Waals surface area contributed by atoms with Crippen LogP contribution in [0.15, 0.2) is 42.5 Å². The van der Waals surface area contributed by atoms with E-state index in [0.29, 0.717) is 19.7 Å². The zero-order chi connectivity index (χ0) is 23.6. The molecule has 1 heterocycles. The van der Waals surface area contributed by atoms with Crippen molar-refractivity contribution in [3.05, 3.63) is 64.7 Å². The summed E-state index contributed by atoms with van der Waals surface area (Å²) in [5, 5.41) is 0. The number of carbonyl (C=O) groups excluding carboxylic acids is 2. The Morgan fingerprint density at radius 3 is 2.36 bits per heavy atom. The van der Waals surface area contributed by atoms with E-state index in [-0.39, 0.29) is 12.0 Å². The fraction of sp³-hybridized carbons (Fsp3) is 0.360. The lowest BCUT2D eigenvalue weighted by molar-refractivity contribution is -0.202. The Morgan fingerprint density at radius 2 is 1.73 bits per heavy atom. The molecule has 2 aliphatic rings. The van der Waals surface area contributed by atoms with E-state index in [4.69, 9.17) is 4.74 Å². The summed E-state index contributed by atoms with van der Waals surface area (Å²) in [6.07, 6.45) is -3.35. The first kappa shape index (κ1) is 22.9. The number of hydrogen-bond acceptors (Lipinski definition) is 5. The van der Waals surface area contributed by atoms with Crippen LogP contribution in [0.3, 0.4) is 0 Å². The second kappa shape index (κ2) is 8.91. The zero-order valence-corrected chi connectivity index (χ0v) is 18.0. The number of carbonyl (C=O) groups is 2. The van der Waals surface area contributed by atoms with Gasteiger partial charge in [-0.25, -0.2) is 4.79 Å². The van der Waals surface area contributed by atoms with E-state index in [2.05, 4.69) is 22.6 Å². The average molecular weight is 457 g/mol. The van der Waals surface area contributed by atoms with E-state index < -0.39 is 18.1 Å². The van der Waals surface area contributed by atoms with Gasteiger partial charge in [-0.2, -0.15) is 13.2 Å². The molecule has 0 aromatic heterocycles. The lowest BCUT2D eigenvalue weighted by Crippen LogP contribution is -2.42. The minimum atomic E-state index is -5.19. The van der Waals surface area contributed by atoms with Gasteiger partial charge in [0, 0.05) is 29.6 Å². The molecule has 1 saturated carbocycles. The van der Waals surface area contributed by atoms with Gasteiger partial charge in [-0.05, 0) is 67.3 Å². The molecule has 0 radical (unpaired) electrons. The Morgan fingerprint density at radius 1 is 1.06 bits per heavy atom. The summed E-state index contributed by atoms with van der Waals surface area (Å²) in [5.41, 5.74) is 3.77. The van der Waals surface area contributed by atoms with E-state index in [9.17, 15) is 22.8 Å². The normalized spacial score (nSPS) is 16.4. The highest BCUT2D eigenvalue weighted by Gasteiger charge is 2.49. The molecule has 2 aromatic rings. The molecule has 0 atom stereocenters. The molecule has 172 valence electrons. The fourth-order valence-electron chi connectivity index (χ4n) is 4.11. The van der Waals surface area contributed by atoms with Crippen LogP contribution in [0.5, 0.6) is 5.75 Å². The minimum absolute atomic E-state index is 0.140. The second-order valence-electron chi connectivity index (χ2n) is 8.26. The summed E-state index contributed by atoms with van der Waals surface area (Å²) in [6, 6.07) is 13.5. The zero-order valence-electron chi connectivity index (χ0n) is 18.0. The monoisotopic (exact) mass is 457 g/mol. The van der Waals surface area contributed by atoms with Crippen molar-refractivity contribution in [2.24, 2.45) is 0 Å². The van der Waals surface area contributed by atoms with Gasteiger partial charge in [-0.1, -0.05) is 17.9 Å². The van der Waals surface area contributed by atoms with E-state index in [1.807, 2.05) is 43.3 Å². The third-order valence-electron chi connectivity index (χ3n) is 5.76. The second-order valence-corrected chi connectivity index (χ2v) is 8.26. The lowest BCUT2D eigenvalue weighted by atomic mass is 9.85. The van der Waals surface area contributed by atoms with Crippen LogP contribution in [0, 0.1) is 11.8 Å². The van der Waals surface area contributed by atoms with Crippen LogP contribution in [0.25, 0.3) is 0 Å². The molecule has 0 unspecified atom stereocenters. The molecule has 0 amide bonds. The molecular formula is C25H22F3NO4. The Balaban J connectivity index is 1.45. The van der Waals surface area contributed by atoms with Gasteiger partial charge in [0.2, 0.25) is 0 Å². The SMILES string of the molecule is CCOc1ccc(C#Cc2ccc3c(c2)C2(CC2)CN(CC(=O)OC(=O)C(F)(F)F)C3)cc1. The van der Waals surface area contributed by atoms with Gasteiger partial charge in [0.15, 0.2) is 0 Å². The Labute approximate surface area is 189 Å². The van der Waals surface area contributed by atoms with Crippen molar-refractivity contribution in [1.29, 1.82) is 0 Å². The highest BCUT2D eigenvalue weighted by atomic mass is 19.4. The predicted octanol–water partition coefficient (Wildman–Crippen LogP) is 3.96. The quantitative estimate of drug-likeness (QED) is 0.395. The van der Waals surface area contributed by atoms with Crippen molar-refractivity contribution in [2.75, 3.05) is 19.7 Å². The fourth-order valence-corrected chi connectivity index (χ4v) is 4.11. The summed E-state index contributed by atoms with van der Waals surface area (Å²) in [7, 11) is 0. The summed E-state index contributed by atoms with van der Waals surface area (Å²) < 4.78 is 46.3. The van der Waals surface area contributed by atoms with Gasteiger partial charge in [0.25, 0.3) is 0 Å². The molecule has 8 heteroatoms. The molecule has 0 N–H and O–H groups in total. The Bertz CT molecular complexity index is 1130. The number of nitrogens with zero attached hydrogens (tertiary/aromatic N) is 1. The van der Waals surface area contributed by atoms with Crippen LogP contribution in [0.1, 0.15) is 42.0 Å². The van der Waals surface area contributed by atoms with Crippen LogP contribution >= 0.6 is 0 Å². The first-order chi connectivity index (χ1) is 15.7. The van der Waals surface area contributed by atoms with E-state index >= 15 is 0 Å². The van der Waals surface area contributed by atoms with Gasteiger partial charge in [0.1, 0.15) is 5.75 Å². The van der Waals surface area contributed by atoms with Crippen LogP contribution < -0.4 is 4.74 Å². The van der Waals surface area contributed by atoms with Crippen molar-refractivity contribution in [3.63, 3.8) is 0 Å². The Kier molecular flexibility index (Phi) is 6.17. The number of hydrogen-bond donors (Lipinski definition) is 0. The molecule has 5 nitrogen and oxygen atoms in total. The van der Waals surface area contributed by atoms with Crippen molar-refractivity contribution in [2.45, 2.75) is 37.9 Å². The number of fused-ring (bicyclic) bond motifs is 2. The van der Waals surface area contributed by atoms with Gasteiger partial charge in [-0.15, -0.1) is 0 Å². The first-order valence-corrected chi connectivity index (χ1v) is 10.6. The molecule has 0 bridgehead atoms. The average Bonchev–Trinajstić information content (AvgIpc) is 3.52. The van der Waals surface area contributed by atoms with Gasteiger partial charge >= 0.3 is 18.1 Å². The molecule has 1 fully saturated rings. The minimum Gasteiger partial charge on any atom is -0.494 e. The topological polar surface area (TPSA) is 55.8 Å². The van der Waals surface area contributed by atoms with Crippen molar-refractivity contribution >= 4 is 11.9 Å². The number of ether oxygens (including phenoxy) is 2. The van der Waals surface area contributed by atoms with Crippen LogP contribution in [0.2, 0.25) is 0 Å². The van der Waals surface area contributed by atoms with Crippen LogP contribution in [-0.2, 0) is 26.3 Å². The maximum absolute atomic E-state index is 12.3. The summed E-state index contributed by atoms with van der Waals surface area (Å²) >= 11 is 0. The largest absolute Gasteiger partial charge is 0.494 e. The molecule has 0 saturated heterocycles. The van der Waals surface area contributed by atoms with E-state index in [1.165, 1.54) is 0 Å². The maximum atomic E-state index is 12.3. The third-order valence-corrected chi connectivity index (χ3v) is 5.76.